The fourth-order valence-corrected chi connectivity index (χ4v) is 5.59. The predicted octanol–water partition coefficient (Wildman–Crippen LogP) is -0.0980. The number of anilines is 1. The number of carbonyl (C=O) groups excluding carboxylic acids is 1. The van der Waals surface area contributed by atoms with Gasteiger partial charge >= 0.3 is 17.1 Å². The molecule has 0 amide bonds. The van der Waals surface area contributed by atoms with Gasteiger partial charge < -0.3 is 41.4 Å². The summed E-state index contributed by atoms with van der Waals surface area (Å²) in [5.41, 5.74) is 0.878. The fraction of sp³-hybridized carbons (Fsp3) is 0.267. The maximum Gasteiger partial charge on any atom is 2.00 e. The molecule has 7 rings (SSSR count). The molecule has 45 heavy (non-hydrogen) atoms. The van der Waals surface area contributed by atoms with Crippen LogP contribution in [-0.2, 0) is 17.1 Å². The summed E-state index contributed by atoms with van der Waals surface area (Å²) in [6, 6.07) is 9.39. The van der Waals surface area contributed by atoms with Crippen LogP contribution < -0.4 is 32.6 Å². The number of aromatic nitrogens is 3. The molecule has 2 aliphatic rings. The third-order valence-corrected chi connectivity index (χ3v) is 7.82. The third-order valence-electron chi connectivity index (χ3n) is 7.82. The van der Waals surface area contributed by atoms with Crippen molar-refractivity contribution in [1.82, 2.24) is 19.4 Å². The molecular formula is C30H26ClCuFN6O6. The van der Waals surface area contributed by atoms with Gasteiger partial charge in [0.1, 0.15) is 17.8 Å². The van der Waals surface area contributed by atoms with Gasteiger partial charge in [-0.3, -0.25) is 24.9 Å². The first-order valence-corrected chi connectivity index (χ1v) is 13.6. The van der Waals surface area contributed by atoms with Crippen molar-refractivity contribution >= 4 is 50.1 Å². The molecule has 5 aromatic rings. The summed E-state index contributed by atoms with van der Waals surface area (Å²) in [5, 5.41) is 23.6. The maximum atomic E-state index is 15.0. The number of fused-ring (bicyclic) bond motifs is 3. The molecule has 15 heteroatoms. The van der Waals surface area contributed by atoms with Crippen LogP contribution in [0.2, 0.25) is 0 Å². The van der Waals surface area contributed by atoms with Gasteiger partial charge in [-0.2, -0.15) is 0 Å². The Kier molecular flexibility index (Phi) is 9.93. The van der Waals surface area contributed by atoms with Crippen molar-refractivity contribution in [1.29, 1.82) is 0 Å². The molecule has 237 valence electrons. The van der Waals surface area contributed by atoms with Gasteiger partial charge in [-0.15, -0.1) is 0 Å². The zero-order valence-corrected chi connectivity index (χ0v) is 25.7. The van der Waals surface area contributed by atoms with Crippen LogP contribution in [0.15, 0.2) is 59.8 Å². The van der Waals surface area contributed by atoms with Gasteiger partial charge in [0.25, 0.3) is 5.69 Å². The predicted molar refractivity (Wildman–Crippen MR) is 156 cm³/mol. The summed E-state index contributed by atoms with van der Waals surface area (Å²) in [7, 11) is 2.01. The van der Waals surface area contributed by atoms with Crippen LogP contribution in [-0.4, -0.2) is 70.2 Å². The molecule has 0 unspecified atom stereocenters. The van der Waals surface area contributed by atoms with E-state index in [9.17, 15) is 29.2 Å². The number of nitro groups is 1. The van der Waals surface area contributed by atoms with E-state index in [2.05, 4.69) is 14.9 Å². The molecule has 0 N–H and O–H groups in total. The first-order chi connectivity index (χ1) is 20.7. The van der Waals surface area contributed by atoms with E-state index in [0.29, 0.717) is 46.5 Å². The second-order valence-electron chi connectivity index (χ2n) is 10.6. The molecule has 0 spiro atoms. The Bertz CT molecular complexity index is 2000. The van der Waals surface area contributed by atoms with Crippen LogP contribution in [0.1, 0.15) is 23.3 Å². The second kappa shape index (κ2) is 13.3. The topological polar surface area (TPSA) is 147 Å². The van der Waals surface area contributed by atoms with E-state index in [-0.39, 0.29) is 53.2 Å². The number of ether oxygens (including phenoxy) is 1. The van der Waals surface area contributed by atoms with Gasteiger partial charge in [-0.1, -0.05) is 6.07 Å². The zero-order valence-electron chi connectivity index (χ0n) is 24.0. The summed E-state index contributed by atoms with van der Waals surface area (Å²) in [4.78, 5) is 46.9. The van der Waals surface area contributed by atoms with E-state index in [1.54, 1.807) is 41.2 Å². The zero-order chi connectivity index (χ0) is 30.4. The number of hydrogen-bond acceptors (Lipinski definition) is 10. The minimum absolute atomic E-state index is 0. The van der Waals surface area contributed by atoms with E-state index in [1.165, 1.54) is 12.3 Å². The standard InChI is InChI=1S/C18H20FN3O4.C12H7N3O2.ClH.Cu/c1-10-9-26-17-14-11(16(23)12(18(24)25)8-22(10)14)7-13(19)15(17)21-5-3-20(2)4-6-21;16-15(17)10-7-8-3-1-5-13-11(8)12-9(10)4-2-6-14-12;;/h7-8,10H,3-6,9H2,1-2H3,(H,24,25);1-7H;1H;/q;;;+2/p-2/t10-;;;/m0.../s1. The number of hydrogen-bond donors (Lipinski definition) is 0. The van der Waals surface area contributed by atoms with Crippen molar-refractivity contribution in [2.75, 3.05) is 44.7 Å². The molecule has 0 aliphatic carbocycles. The van der Waals surface area contributed by atoms with Gasteiger partial charge in [0.15, 0.2) is 17.0 Å². The molecule has 1 atom stereocenters. The quantitative estimate of drug-likeness (QED) is 0.109. The number of pyridine rings is 3. The third kappa shape index (κ3) is 6.01. The van der Waals surface area contributed by atoms with Gasteiger partial charge in [0.05, 0.1) is 44.3 Å². The smallest absolute Gasteiger partial charge is 1.00 e. The Balaban J connectivity index is 0.000000212. The molecule has 2 aliphatic heterocycles. The molecular weight excluding hydrogens is 658 g/mol. The molecule has 0 bridgehead atoms. The van der Waals surface area contributed by atoms with Crippen LogP contribution in [0.25, 0.3) is 32.7 Å². The second-order valence-corrected chi connectivity index (χ2v) is 10.6. The molecule has 0 saturated carbocycles. The maximum absolute atomic E-state index is 15.0. The Labute approximate surface area is 272 Å². The van der Waals surface area contributed by atoms with Crippen LogP contribution in [0.5, 0.6) is 5.75 Å². The first kappa shape index (κ1) is 33.5. The number of benzene rings is 2. The summed E-state index contributed by atoms with van der Waals surface area (Å²) in [5.74, 6) is -1.83. The largest absolute Gasteiger partial charge is 2.00 e. The van der Waals surface area contributed by atoms with Crippen LogP contribution >= 0.6 is 0 Å². The number of nitrogens with zero attached hydrogens (tertiary/aromatic N) is 6. The van der Waals surface area contributed by atoms with E-state index in [4.69, 9.17) is 4.74 Å². The van der Waals surface area contributed by atoms with Gasteiger partial charge in [0, 0.05) is 56.2 Å². The molecule has 5 heterocycles. The summed E-state index contributed by atoms with van der Waals surface area (Å²) >= 11 is 0. The van der Waals surface area contributed by atoms with E-state index in [0.717, 1.165) is 24.5 Å². The van der Waals surface area contributed by atoms with Crippen LogP contribution in [0, 0.1) is 15.9 Å². The molecule has 3 aromatic heterocycles. The van der Waals surface area contributed by atoms with Crippen LogP contribution in [0.3, 0.4) is 0 Å². The molecule has 1 fully saturated rings. The fourth-order valence-electron chi connectivity index (χ4n) is 5.59. The van der Waals surface area contributed by atoms with Crippen LogP contribution in [0.4, 0.5) is 15.8 Å². The summed E-state index contributed by atoms with van der Waals surface area (Å²) in [6.07, 6.45) is 4.55. The number of nitro benzene ring substituents is 1. The van der Waals surface area contributed by atoms with Crippen molar-refractivity contribution in [3.63, 3.8) is 0 Å². The van der Waals surface area contributed by atoms with Crippen molar-refractivity contribution in [3.8, 4) is 5.75 Å². The normalized spacial score (nSPS) is 15.8. The molecule has 12 nitrogen and oxygen atoms in total. The Hall–Kier alpha value is -4.36. The SMILES string of the molecule is C[C@H]1COc2c(N3CCN(C)CC3)c(F)cc3c(=O)c(C(=O)[O-])cn1c23.O=[N+]([O-])c1cc2cccnc2c2ncccc12.[Cl-].[Cu+2]. The monoisotopic (exact) mass is 683 g/mol. The summed E-state index contributed by atoms with van der Waals surface area (Å²) in [6.45, 7) is 5.00. The van der Waals surface area contributed by atoms with Gasteiger partial charge in [-0.25, -0.2) is 4.39 Å². The number of rotatable bonds is 3. The average molecular weight is 685 g/mol. The van der Waals surface area contributed by atoms with Gasteiger partial charge in [-0.05, 0) is 38.2 Å². The van der Waals surface area contributed by atoms with Crippen molar-refractivity contribution in [3.05, 3.63) is 86.7 Å². The molecule has 1 saturated heterocycles. The minimum Gasteiger partial charge on any atom is -1.00 e. The average Bonchev–Trinajstić information content (AvgIpc) is 3.00. The minimum atomic E-state index is -1.57. The first-order valence-electron chi connectivity index (χ1n) is 13.6. The molecule has 2 aromatic carbocycles. The number of non-ortho nitro benzene ring substituents is 1. The van der Waals surface area contributed by atoms with Crippen molar-refractivity contribution < 1.29 is 53.4 Å². The number of carbonyl (C=O) groups is 1. The Morgan fingerprint density at radius 3 is 2.40 bits per heavy atom. The number of aromatic carboxylic acids is 1. The Morgan fingerprint density at radius 2 is 1.73 bits per heavy atom. The number of halogens is 2. The number of likely N-dealkylation sites (N-methyl/N-ethyl adjacent to an activating group) is 1. The number of carboxylic acid groups (broad SMARTS) is 1. The number of carboxylic acids is 1. The molecule has 1 radical (unpaired) electrons. The van der Waals surface area contributed by atoms with E-state index >= 15 is 0 Å². The van der Waals surface area contributed by atoms with Crippen molar-refractivity contribution in [2.24, 2.45) is 0 Å². The van der Waals surface area contributed by atoms with Crippen molar-refractivity contribution in [2.45, 2.75) is 13.0 Å². The van der Waals surface area contributed by atoms with Gasteiger partial charge in [0.2, 0.25) is 0 Å². The van der Waals surface area contributed by atoms with E-state index in [1.807, 2.05) is 18.9 Å². The van der Waals surface area contributed by atoms with E-state index < -0.39 is 27.7 Å². The number of piperazine rings is 1. The summed E-state index contributed by atoms with van der Waals surface area (Å²) < 4.78 is 22.5. The Morgan fingerprint density at radius 1 is 1.07 bits per heavy atom.